The number of carbonyl (C=O) groups is 1. The summed E-state index contributed by atoms with van der Waals surface area (Å²) in [5.41, 5.74) is 12.0. The largest absolute Gasteiger partial charge is 0.383 e. The molecule has 6 nitrogen and oxygen atoms in total. The van der Waals surface area contributed by atoms with E-state index in [1.54, 1.807) is 12.4 Å². The molecule has 0 aliphatic carbocycles. The lowest BCUT2D eigenvalue weighted by Crippen LogP contribution is -2.23. The number of hydrogen-bond acceptors (Lipinski definition) is 4. The molecule has 1 fully saturated rings. The average molecular weight is 383 g/mol. The first-order valence-corrected chi connectivity index (χ1v) is 9.68. The van der Waals surface area contributed by atoms with Gasteiger partial charge in [0.05, 0.1) is 0 Å². The minimum atomic E-state index is 0.186. The summed E-state index contributed by atoms with van der Waals surface area (Å²) in [7, 11) is 1.99. The van der Waals surface area contributed by atoms with E-state index in [9.17, 15) is 4.79 Å². The molecule has 2 N–H and O–H groups in total. The number of nitrogen functional groups attached to an aromatic ring is 1. The van der Waals surface area contributed by atoms with E-state index in [0.29, 0.717) is 12.2 Å². The number of aromatic nitrogens is 3. The second kappa shape index (κ2) is 6.74. The number of fused-ring (bicyclic) bond motifs is 1. The average Bonchev–Trinajstić information content (AvgIpc) is 3.32. The summed E-state index contributed by atoms with van der Waals surface area (Å²) in [4.78, 5) is 22.7. The van der Waals surface area contributed by atoms with Gasteiger partial charge >= 0.3 is 0 Å². The first-order valence-electron chi connectivity index (χ1n) is 9.68. The number of hydrogen-bond donors (Lipinski definition) is 1. The van der Waals surface area contributed by atoms with Crippen LogP contribution < -0.4 is 10.6 Å². The molecular formula is C23H21N5O. The van der Waals surface area contributed by atoms with Crippen molar-refractivity contribution in [1.29, 1.82) is 0 Å². The molecule has 144 valence electrons. The van der Waals surface area contributed by atoms with Gasteiger partial charge in [-0.05, 0) is 42.3 Å². The van der Waals surface area contributed by atoms with Crippen molar-refractivity contribution >= 4 is 28.4 Å². The summed E-state index contributed by atoms with van der Waals surface area (Å²) in [5, 5.41) is 1.08. The second-order valence-electron chi connectivity index (χ2n) is 7.38. The van der Waals surface area contributed by atoms with Gasteiger partial charge in [-0.15, -0.1) is 0 Å². The first-order chi connectivity index (χ1) is 14.1. The van der Waals surface area contributed by atoms with Crippen LogP contribution in [0.3, 0.4) is 0 Å². The standard InChI is InChI=1S/C23H21N5O/c1-27-14-20(18-4-2-10-25-23(18)27)16-12-19(22(24)26-13-16)15-6-8-17(9-7-15)28-11-3-5-21(28)29/h2,4,6-10,12-14H,3,5,11H2,1H3,(H2,24,26). The van der Waals surface area contributed by atoms with Crippen molar-refractivity contribution in [3.05, 3.63) is 61.1 Å². The van der Waals surface area contributed by atoms with Gasteiger partial charge in [-0.25, -0.2) is 9.97 Å². The molecule has 1 aromatic carbocycles. The molecule has 6 heteroatoms. The Labute approximate surface area is 168 Å². The Morgan fingerprint density at radius 3 is 2.62 bits per heavy atom. The maximum absolute atomic E-state index is 12.0. The van der Waals surface area contributed by atoms with E-state index in [4.69, 9.17) is 5.73 Å². The van der Waals surface area contributed by atoms with Crippen molar-refractivity contribution in [3.63, 3.8) is 0 Å². The van der Waals surface area contributed by atoms with Gasteiger partial charge in [0, 0.05) is 66.4 Å². The molecular weight excluding hydrogens is 362 g/mol. The van der Waals surface area contributed by atoms with Gasteiger partial charge < -0.3 is 15.2 Å². The fraction of sp³-hybridized carbons (Fsp3) is 0.174. The summed E-state index contributed by atoms with van der Waals surface area (Å²) < 4.78 is 2.02. The Balaban J connectivity index is 1.55. The molecule has 1 aliphatic rings. The van der Waals surface area contributed by atoms with E-state index in [0.717, 1.165) is 51.9 Å². The lowest BCUT2D eigenvalue weighted by Gasteiger charge is -2.16. The fourth-order valence-corrected chi connectivity index (χ4v) is 4.04. The summed E-state index contributed by atoms with van der Waals surface area (Å²) >= 11 is 0. The lowest BCUT2D eigenvalue weighted by molar-refractivity contribution is -0.117. The Kier molecular flexibility index (Phi) is 4.05. The molecule has 0 unspecified atom stereocenters. The van der Waals surface area contributed by atoms with Crippen LogP contribution in [0.4, 0.5) is 11.5 Å². The SMILES string of the molecule is Cn1cc(-c2cnc(N)c(-c3ccc(N4CCCC4=O)cc3)c2)c2cccnc21. The topological polar surface area (TPSA) is 77.0 Å². The highest BCUT2D eigenvalue weighted by atomic mass is 16.2. The highest BCUT2D eigenvalue weighted by molar-refractivity contribution is 5.96. The third-order valence-electron chi connectivity index (χ3n) is 5.53. The molecule has 0 atom stereocenters. The zero-order valence-corrected chi connectivity index (χ0v) is 16.2. The molecule has 0 bridgehead atoms. The van der Waals surface area contributed by atoms with Crippen molar-refractivity contribution in [2.24, 2.45) is 7.05 Å². The normalized spacial score (nSPS) is 14.1. The van der Waals surface area contributed by atoms with E-state index in [-0.39, 0.29) is 5.91 Å². The predicted octanol–water partition coefficient (Wildman–Crippen LogP) is 4.01. The molecule has 29 heavy (non-hydrogen) atoms. The third kappa shape index (κ3) is 2.93. The number of carbonyl (C=O) groups excluding carboxylic acids is 1. The van der Waals surface area contributed by atoms with Crippen LogP contribution in [-0.4, -0.2) is 27.0 Å². The maximum atomic E-state index is 12.0. The molecule has 4 aromatic rings. The van der Waals surface area contributed by atoms with E-state index >= 15 is 0 Å². The van der Waals surface area contributed by atoms with E-state index < -0.39 is 0 Å². The molecule has 0 spiro atoms. The van der Waals surface area contributed by atoms with E-state index in [2.05, 4.69) is 28.3 Å². The Morgan fingerprint density at radius 2 is 1.86 bits per heavy atom. The van der Waals surface area contributed by atoms with Crippen LogP contribution in [0.15, 0.2) is 61.1 Å². The molecule has 1 aliphatic heterocycles. The van der Waals surface area contributed by atoms with Gasteiger partial charge in [-0.3, -0.25) is 4.79 Å². The van der Waals surface area contributed by atoms with Crippen LogP contribution in [0.1, 0.15) is 12.8 Å². The van der Waals surface area contributed by atoms with Gasteiger partial charge in [0.25, 0.3) is 0 Å². The number of anilines is 2. The van der Waals surface area contributed by atoms with Gasteiger partial charge in [0.1, 0.15) is 11.5 Å². The number of rotatable bonds is 3. The van der Waals surface area contributed by atoms with Gasteiger partial charge in [0.15, 0.2) is 0 Å². The molecule has 0 saturated carbocycles. The van der Waals surface area contributed by atoms with Crippen LogP contribution in [-0.2, 0) is 11.8 Å². The number of nitrogens with two attached hydrogens (primary N) is 1. The van der Waals surface area contributed by atoms with Crippen molar-refractivity contribution in [2.45, 2.75) is 12.8 Å². The van der Waals surface area contributed by atoms with E-state index in [1.165, 1.54) is 0 Å². The maximum Gasteiger partial charge on any atom is 0.227 e. The van der Waals surface area contributed by atoms with Crippen LogP contribution in [0.25, 0.3) is 33.3 Å². The van der Waals surface area contributed by atoms with Crippen molar-refractivity contribution in [2.75, 3.05) is 17.2 Å². The monoisotopic (exact) mass is 383 g/mol. The fourth-order valence-electron chi connectivity index (χ4n) is 4.04. The Hall–Kier alpha value is -3.67. The van der Waals surface area contributed by atoms with Gasteiger partial charge in [0.2, 0.25) is 5.91 Å². The zero-order valence-electron chi connectivity index (χ0n) is 16.2. The highest BCUT2D eigenvalue weighted by Crippen LogP contribution is 2.34. The summed E-state index contributed by atoms with van der Waals surface area (Å²) in [5.74, 6) is 0.669. The number of amides is 1. The zero-order chi connectivity index (χ0) is 20.0. The minimum absolute atomic E-state index is 0.186. The minimum Gasteiger partial charge on any atom is -0.383 e. The predicted molar refractivity (Wildman–Crippen MR) is 115 cm³/mol. The third-order valence-corrected chi connectivity index (χ3v) is 5.53. The smallest absolute Gasteiger partial charge is 0.227 e. The van der Waals surface area contributed by atoms with Crippen LogP contribution in [0.2, 0.25) is 0 Å². The van der Waals surface area contributed by atoms with Crippen molar-refractivity contribution < 1.29 is 4.79 Å². The number of aryl methyl sites for hydroxylation is 1. The first kappa shape index (κ1) is 17.4. The van der Waals surface area contributed by atoms with Crippen LogP contribution in [0, 0.1) is 0 Å². The Morgan fingerprint density at radius 1 is 1.03 bits per heavy atom. The van der Waals surface area contributed by atoms with Crippen LogP contribution >= 0.6 is 0 Å². The molecule has 0 radical (unpaired) electrons. The highest BCUT2D eigenvalue weighted by Gasteiger charge is 2.21. The van der Waals surface area contributed by atoms with Crippen molar-refractivity contribution in [3.8, 4) is 22.3 Å². The summed E-state index contributed by atoms with van der Waals surface area (Å²) in [6, 6.07) is 14.0. The number of pyridine rings is 2. The van der Waals surface area contributed by atoms with Crippen molar-refractivity contribution in [1.82, 2.24) is 14.5 Å². The van der Waals surface area contributed by atoms with Gasteiger partial charge in [-0.1, -0.05) is 12.1 Å². The number of nitrogens with zero attached hydrogens (tertiary/aromatic N) is 4. The lowest BCUT2D eigenvalue weighted by atomic mass is 10.0. The molecule has 1 saturated heterocycles. The quantitative estimate of drug-likeness (QED) is 0.580. The molecule has 3 aromatic heterocycles. The Bertz CT molecular complexity index is 1230. The van der Waals surface area contributed by atoms with Crippen LogP contribution in [0.5, 0.6) is 0 Å². The summed E-state index contributed by atoms with van der Waals surface area (Å²) in [6.07, 6.45) is 7.21. The summed E-state index contributed by atoms with van der Waals surface area (Å²) in [6.45, 7) is 0.784. The number of benzene rings is 1. The molecule has 4 heterocycles. The second-order valence-corrected chi connectivity index (χ2v) is 7.38. The molecule has 5 rings (SSSR count). The molecule has 1 amide bonds. The van der Waals surface area contributed by atoms with E-state index in [1.807, 2.05) is 46.8 Å². The van der Waals surface area contributed by atoms with Gasteiger partial charge in [-0.2, -0.15) is 0 Å².